The molecule has 0 fully saturated rings. The van der Waals surface area contributed by atoms with Gasteiger partial charge in [0.25, 0.3) is 0 Å². The number of hydrogen-bond donors (Lipinski definition) is 0. The summed E-state index contributed by atoms with van der Waals surface area (Å²) in [6.45, 7) is 7.44. The first-order valence-corrected chi connectivity index (χ1v) is 23.6. The molecule has 0 aliphatic rings. The number of nitrogens with zero attached hydrogens (tertiary/aromatic N) is 3. The molecule has 7 aromatic carbocycles. The molecular weight excluding hydrogens is 926 g/mol. The SMILES string of the molecule is CC(C)(Oc1cc(OC(C)(C)c2ccc(-c3ccc(F)cc3F)nc2)cc(-c2cc(F)ccc2-c2cnc(-c3ccccc3)cc2-c2ccc(-c3ccccc3)cc2)c1)c1ccc(-c2ccc(F)cc2F)nc1. The summed E-state index contributed by atoms with van der Waals surface area (Å²) in [5.74, 6) is -2.58. The Labute approximate surface area is 420 Å². The van der Waals surface area contributed by atoms with Crippen LogP contribution in [-0.2, 0) is 11.2 Å². The van der Waals surface area contributed by atoms with E-state index < -0.39 is 40.3 Å². The lowest BCUT2D eigenvalue weighted by atomic mass is 9.89. The Morgan fingerprint density at radius 1 is 0.315 bits per heavy atom. The molecule has 0 saturated carbocycles. The van der Waals surface area contributed by atoms with Crippen LogP contribution in [0.3, 0.4) is 0 Å². The molecule has 0 bridgehead atoms. The van der Waals surface area contributed by atoms with Crippen molar-refractivity contribution in [1.29, 1.82) is 0 Å². The van der Waals surface area contributed by atoms with E-state index in [-0.39, 0.29) is 11.1 Å². The van der Waals surface area contributed by atoms with Crippen molar-refractivity contribution in [3.63, 3.8) is 0 Å². The summed E-state index contributed by atoms with van der Waals surface area (Å²) in [6, 6.07) is 54.0. The second-order valence-electron chi connectivity index (χ2n) is 18.6. The van der Waals surface area contributed by atoms with Crippen molar-refractivity contribution in [3.8, 4) is 89.8 Å². The average molecular weight is 972 g/mol. The van der Waals surface area contributed by atoms with Crippen LogP contribution in [0, 0.1) is 29.1 Å². The van der Waals surface area contributed by atoms with E-state index in [2.05, 4.69) is 52.4 Å². The second-order valence-corrected chi connectivity index (χ2v) is 18.6. The maximum Gasteiger partial charge on any atom is 0.135 e. The van der Waals surface area contributed by atoms with Gasteiger partial charge in [0, 0.05) is 70.2 Å². The third kappa shape index (κ3) is 10.4. The molecule has 10 aromatic rings. The highest BCUT2D eigenvalue weighted by Crippen LogP contribution is 2.44. The van der Waals surface area contributed by atoms with E-state index in [9.17, 15) is 17.6 Å². The average Bonchev–Trinajstić information content (AvgIpc) is 3.39. The normalized spacial score (nSPS) is 11.6. The lowest BCUT2D eigenvalue weighted by molar-refractivity contribution is 0.0989. The van der Waals surface area contributed by atoms with E-state index in [0.29, 0.717) is 50.7 Å². The molecule has 0 atom stereocenters. The zero-order valence-corrected chi connectivity index (χ0v) is 40.2. The predicted octanol–water partition coefficient (Wildman–Crippen LogP) is 16.9. The Morgan fingerprint density at radius 3 is 1.25 bits per heavy atom. The molecule has 360 valence electrons. The van der Waals surface area contributed by atoms with Gasteiger partial charge in [0.15, 0.2) is 0 Å². The van der Waals surface area contributed by atoms with E-state index in [1.54, 1.807) is 48.8 Å². The smallest absolute Gasteiger partial charge is 0.135 e. The van der Waals surface area contributed by atoms with Gasteiger partial charge in [-0.05, 0) is 133 Å². The minimum absolute atomic E-state index is 0.152. The van der Waals surface area contributed by atoms with Crippen LogP contribution in [0.4, 0.5) is 22.0 Å². The van der Waals surface area contributed by atoms with Gasteiger partial charge in [0.2, 0.25) is 0 Å². The monoisotopic (exact) mass is 971 g/mol. The number of aromatic nitrogens is 3. The number of benzene rings is 7. The summed E-state index contributed by atoms with van der Waals surface area (Å²) in [4.78, 5) is 14.0. The molecule has 0 unspecified atom stereocenters. The van der Waals surface area contributed by atoms with Crippen LogP contribution in [0.1, 0.15) is 38.8 Å². The maximum absolute atomic E-state index is 15.9. The van der Waals surface area contributed by atoms with Crippen molar-refractivity contribution in [2.24, 2.45) is 0 Å². The minimum atomic E-state index is -1.05. The summed E-state index contributed by atoms with van der Waals surface area (Å²) >= 11 is 0. The van der Waals surface area contributed by atoms with Gasteiger partial charge >= 0.3 is 0 Å². The van der Waals surface area contributed by atoms with Crippen molar-refractivity contribution in [3.05, 3.63) is 247 Å². The largest absolute Gasteiger partial charge is 0.483 e. The molecule has 3 aromatic heterocycles. The van der Waals surface area contributed by atoms with Crippen molar-refractivity contribution < 1.29 is 31.4 Å². The fourth-order valence-corrected chi connectivity index (χ4v) is 8.90. The van der Waals surface area contributed by atoms with Crippen LogP contribution < -0.4 is 9.47 Å². The summed E-state index contributed by atoms with van der Waals surface area (Å²) in [7, 11) is 0. The maximum atomic E-state index is 15.9. The van der Waals surface area contributed by atoms with Gasteiger partial charge in [0.05, 0.1) is 17.1 Å². The van der Waals surface area contributed by atoms with Gasteiger partial charge in [-0.1, -0.05) is 103 Å². The molecule has 10 rings (SSSR count). The minimum Gasteiger partial charge on any atom is -0.483 e. The van der Waals surface area contributed by atoms with Gasteiger partial charge < -0.3 is 9.47 Å². The Bertz CT molecular complexity index is 3480. The Morgan fingerprint density at radius 2 is 0.753 bits per heavy atom. The van der Waals surface area contributed by atoms with Gasteiger partial charge in [-0.15, -0.1) is 0 Å². The molecule has 0 aliphatic carbocycles. The Balaban J connectivity index is 1.07. The lowest BCUT2D eigenvalue weighted by Gasteiger charge is -2.30. The first-order valence-electron chi connectivity index (χ1n) is 23.6. The van der Waals surface area contributed by atoms with E-state index in [1.165, 1.54) is 36.4 Å². The van der Waals surface area contributed by atoms with Crippen molar-refractivity contribution >= 4 is 0 Å². The highest BCUT2D eigenvalue weighted by atomic mass is 19.1. The van der Waals surface area contributed by atoms with Gasteiger partial charge in [-0.2, -0.15) is 0 Å². The zero-order chi connectivity index (χ0) is 50.9. The molecular formula is C63H46F5N3O2. The van der Waals surface area contributed by atoms with Crippen LogP contribution in [0.25, 0.3) is 78.3 Å². The Kier molecular flexibility index (Phi) is 13.0. The second kappa shape index (κ2) is 19.8. The number of pyridine rings is 3. The van der Waals surface area contributed by atoms with Crippen LogP contribution in [-0.4, -0.2) is 15.0 Å². The summed E-state index contributed by atoms with van der Waals surface area (Å²) in [6.07, 6.45) is 5.00. The molecule has 10 heteroatoms. The summed E-state index contributed by atoms with van der Waals surface area (Å²) in [5.41, 5.74) is 8.33. The molecule has 5 nitrogen and oxygen atoms in total. The highest BCUT2D eigenvalue weighted by Gasteiger charge is 2.28. The molecule has 3 heterocycles. The topological polar surface area (TPSA) is 57.1 Å². The fraction of sp³-hybridized carbons (Fsp3) is 0.0952. The van der Waals surface area contributed by atoms with Gasteiger partial charge in [-0.3, -0.25) is 15.0 Å². The molecule has 0 amide bonds. The quantitative estimate of drug-likeness (QED) is 0.108. The summed E-state index contributed by atoms with van der Waals surface area (Å²) in [5, 5.41) is 0. The number of ether oxygens (including phenoxy) is 2. The van der Waals surface area contributed by atoms with E-state index in [1.807, 2.05) is 94.6 Å². The first kappa shape index (κ1) is 47.9. The van der Waals surface area contributed by atoms with Crippen molar-refractivity contribution in [2.45, 2.75) is 38.9 Å². The molecule has 0 N–H and O–H groups in total. The Hall–Kier alpha value is -8.76. The number of hydrogen-bond acceptors (Lipinski definition) is 5. The fourth-order valence-electron chi connectivity index (χ4n) is 8.90. The number of halogens is 5. The van der Waals surface area contributed by atoms with E-state index in [0.717, 1.165) is 51.2 Å². The van der Waals surface area contributed by atoms with Crippen LogP contribution in [0.15, 0.2) is 207 Å². The molecule has 0 saturated heterocycles. The highest BCUT2D eigenvalue weighted by molar-refractivity contribution is 5.93. The van der Waals surface area contributed by atoms with Crippen molar-refractivity contribution in [2.75, 3.05) is 0 Å². The predicted molar refractivity (Wildman–Crippen MR) is 278 cm³/mol. The van der Waals surface area contributed by atoms with Crippen molar-refractivity contribution in [1.82, 2.24) is 15.0 Å². The molecule has 73 heavy (non-hydrogen) atoms. The number of rotatable bonds is 13. The third-order valence-corrected chi connectivity index (χ3v) is 12.8. The van der Waals surface area contributed by atoms with Crippen LogP contribution >= 0.6 is 0 Å². The molecule has 0 spiro atoms. The van der Waals surface area contributed by atoms with E-state index >= 15 is 4.39 Å². The molecule has 0 aliphatic heterocycles. The van der Waals surface area contributed by atoms with Gasteiger partial charge in [0.1, 0.15) is 51.8 Å². The molecule has 0 radical (unpaired) electrons. The van der Waals surface area contributed by atoms with Crippen LogP contribution in [0.2, 0.25) is 0 Å². The zero-order valence-electron chi connectivity index (χ0n) is 40.2. The van der Waals surface area contributed by atoms with Gasteiger partial charge in [-0.25, -0.2) is 22.0 Å². The van der Waals surface area contributed by atoms with E-state index in [4.69, 9.17) is 14.5 Å². The third-order valence-electron chi connectivity index (χ3n) is 12.8. The first-order chi connectivity index (χ1) is 35.2. The summed E-state index contributed by atoms with van der Waals surface area (Å²) < 4.78 is 86.6. The van der Waals surface area contributed by atoms with Crippen LogP contribution in [0.5, 0.6) is 11.5 Å². The lowest BCUT2D eigenvalue weighted by Crippen LogP contribution is -2.26. The standard InChI is InChI=1S/C63H46F5N3O2/c1-62(2,44-19-27-59(69-36-44)52-25-22-47(65)32-57(52)67)72-49-29-43(30-50(34-49)73-63(3,4)45-20-28-60(70-37-45)53-26-23-48(66)33-58(53)68)54-31-46(64)21-24-51(54)56-38-71-61(42-13-9-6-10-14-42)35-55(56)41-17-15-40(16-18-41)39-11-7-5-8-12-39/h5-38H,1-4H3.